The highest BCUT2D eigenvalue weighted by Gasteiger charge is 2.12. The first kappa shape index (κ1) is 14.9. The zero-order chi connectivity index (χ0) is 15.4. The number of ether oxygens (including phenoxy) is 1. The molecule has 5 nitrogen and oxygen atoms in total. The molecule has 0 fully saturated rings. The Bertz CT molecular complexity index is 669. The second kappa shape index (κ2) is 6.28. The van der Waals surface area contributed by atoms with Crippen LogP contribution >= 0.6 is 0 Å². The highest BCUT2D eigenvalue weighted by atomic mass is 16.5. The summed E-state index contributed by atoms with van der Waals surface area (Å²) in [5.74, 6) is 6.02. The third-order valence-electron chi connectivity index (χ3n) is 3.23. The molecule has 21 heavy (non-hydrogen) atoms. The van der Waals surface area contributed by atoms with E-state index in [-0.39, 0.29) is 5.91 Å². The predicted octanol–water partition coefficient (Wildman–Crippen LogP) is 2.85. The van der Waals surface area contributed by atoms with Crippen molar-refractivity contribution < 1.29 is 9.53 Å². The number of hydrazine groups is 1. The standard InChI is InChI=1S/C16H19N3O2/c1-10-4-6-14(19-17)13(8-10)16(20)18-12-5-7-15(21-3)11(2)9-12/h4-9,19H,17H2,1-3H3,(H,18,20). The van der Waals surface area contributed by atoms with Crippen molar-refractivity contribution in [3.63, 3.8) is 0 Å². The minimum Gasteiger partial charge on any atom is -0.496 e. The lowest BCUT2D eigenvalue weighted by molar-refractivity contribution is 0.102. The van der Waals surface area contributed by atoms with Crippen molar-refractivity contribution in [2.24, 2.45) is 5.84 Å². The van der Waals surface area contributed by atoms with Crippen molar-refractivity contribution in [2.45, 2.75) is 13.8 Å². The Hall–Kier alpha value is -2.53. The minimum atomic E-state index is -0.212. The average molecular weight is 285 g/mol. The van der Waals surface area contributed by atoms with Gasteiger partial charge >= 0.3 is 0 Å². The Labute approximate surface area is 124 Å². The van der Waals surface area contributed by atoms with Crippen LogP contribution < -0.4 is 21.3 Å². The second-order valence-corrected chi connectivity index (χ2v) is 4.83. The molecule has 0 bridgehead atoms. The van der Waals surface area contributed by atoms with Gasteiger partial charge < -0.3 is 15.5 Å². The molecule has 2 aromatic rings. The Balaban J connectivity index is 2.26. The molecule has 110 valence electrons. The number of anilines is 2. The van der Waals surface area contributed by atoms with Crippen molar-refractivity contribution in [1.82, 2.24) is 0 Å². The van der Waals surface area contributed by atoms with Gasteiger partial charge in [0.25, 0.3) is 5.91 Å². The lowest BCUT2D eigenvalue weighted by Crippen LogP contribution is -2.17. The molecule has 0 heterocycles. The van der Waals surface area contributed by atoms with Gasteiger partial charge in [-0.05, 0) is 49.7 Å². The summed E-state index contributed by atoms with van der Waals surface area (Å²) in [7, 11) is 1.62. The van der Waals surface area contributed by atoms with Gasteiger partial charge in [0.15, 0.2) is 0 Å². The number of nitrogen functional groups attached to an aromatic ring is 1. The molecular formula is C16H19N3O2. The molecule has 5 heteroatoms. The zero-order valence-electron chi connectivity index (χ0n) is 12.4. The summed E-state index contributed by atoms with van der Waals surface area (Å²) in [6.07, 6.45) is 0. The Morgan fingerprint density at radius 2 is 1.90 bits per heavy atom. The molecule has 1 amide bonds. The number of rotatable bonds is 4. The number of amides is 1. The summed E-state index contributed by atoms with van der Waals surface area (Å²) in [4.78, 5) is 12.4. The number of benzene rings is 2. The van der Waals surface area contributed by atoms with E-state index >= 15 is 0 Å². The first-order valence-corrected chi connectivity index (χ1v) is 6.58. The Kier molecular flexibility index (Phi) is 4.45. The number of aryl methyl sites for hydroxylation is 2. The third kappa shape index (κ3) is 3.32. The number of carbonyl (C=O) groups excluding carboxylic acids is 1. The van der Waals surface area contributed by atoms with E-state index in [9.17, 15) is 4.79 Å². The Morgan fingerprint density at radius 3 is 2.52 bits per heavy atom. The number of nitrogens with one attached hydrogen (secondary N) is 2. The van der Waals surface area contributed by atoms with Crippen LogP contribution in [0.3, 0.4) is 0 Å². The van der Waals surface area contributed by atoms with Crippen LogP contribution in [0, 0.1) is 13.8 Å². The summed E-state index contributed by atoms with van der Waals surface area (Å²) >= 11 is 0. The van der Waals surface area contributed by atoms with Crippen LogP contribution in [-0.2, 0) is 0 Å². The molecule has 0 aliphatic rings. The molecule has 0 atom stereocenters. The number of hydrogen-bond donors (Lipinski definition) is 3. The SMILES string of the molecule is COc1ccc(NC(=O)c2cc(C)ccc2NN)cc1C. The topological polar surface area (TPSA) is 76.4 Å². The maximum Gasteiger partial charge on any atom is 0.257 e. The lowest BCUT2D eigenvalue weighted by atomic mass is 10.1. The monoisotopic (exact) mass is 285 g/mol. The number of hydrogen-bond acceptors (Lipinski definition) is 4. The maximum atomic E-state index is 12.4. The molecule has 2 rings (SSSR count). The molecule has 0 aromatic heterocycles. The number of carbonyl (C=O) groups is 1. The summed E-state index contributed by atoms with van der Waals surface area (Å²) in [6, 6.07) is 11.0. The summed E-state index contributed by atoms with van der Waals surface area (Å²) in [5.41, 5.74) is 6.29. The van der Waals surface area contributed by atoms with Crippen LogP contribution in [-0.4, -0.2) is 13.0 Å². The molecule has 0 aliphatic heterocycles. The van der Waals surface area contributed by atoms with E-state index in [2.05, 4.69) is 10.7 Å². The van der Waals surface area contributed by atoms with Crippen molar-refractivity contribution in [3.05, 3.63) is 53.1 Å². The first-order valence-electron chi connectivity index (χ1n) is 6.58. The van der Waals surface area contributed by atoms with Crippen LogP contribution in [0.1, 0.15) is 21.5 Å². The van der Waals surface area contributed by atoms with Gasteiger partial charge in [0, 0.05) is 5.69 Å². The molecular weight excluding hydrogens is 266 g/mol. The van der Waals surface area contributed by atoms with Crippen LogP contribution in [0.25, 0.3) is 0 Å². The normalized spacial score (nSPS) is 10.1. The molecule has 0 unspecified atom stereocenters. The van der Waals surface area contributed by atoms with Crippen LogP contribution in [0.15, 0.2) is 36.4 Å². The van der Waals surface area contributed by atoms with Gasteiger partial charge in [-0.1, -0.05) is 11.6 Å². The molecule has 0 aliphatic carbocycles. The maximum absolute atomic E-state index is 12.4. The fourth-order valence-corrected chi connectivity index (χ4v) is 2.13. The summed E-state index contributed by atoms with van der Waals surface area (Å²) in [6.45, 7) is 3.85. The van der Waals surface area contributed by atoms with E-state index in [0.29, 0.717) is 16.9 Å². The largest absolute Gasteiger partial charge is 0.496 e. The molecule has 0 saturated carbocycles. The third-order valence-corrected chi connectivity index (χ3v) is 3.23. The van der Waals surface area contributed by atoms with E-state index < -0.39 is 0 Å². The smallest absolute Gasteiger partial charge is 0.257 e. The summed E-state index contributed by atoms with van der Waals surface area (Å²) < 4.78 is 5.20. The van der Waals surface area contributed by atoms with Crippen molar-refractivity contribution >= 4 is 17.3 Å². The van der Waals surface area contributed by atoms with Gasteiger partial charge in [-0.3, -0.25) is 10.6 Å². The highest BCUT2D eigenvalue weighted by Crippen LogP contribution is 2.23. The van der Waals surface area contributed by atoms with Crippen molar-refractivity contribution in [3.8, 4) is 5.75 Å². The van der Waals surface area contributed by atoms with E-state index in [1.807, 2.05) is 32.0 Å². The molecule has 4 N–H and O–H groups in total. The fourth-order valence-electron chi connectivity index (χ4n) is 2.13. The van der Waals surface area contributed by atoms with Crippen molar-refractivity contribution in [1.29, 1.82) is 0 Å². The minimum absolute atomic E-state index is 0.212. The van der Waals surface area contributed by atoms with E-state index in [4.69, 9.17) is 10.6 Å². The zero-order valence-corrected chi connectivity index (χ0v) is 12.4. The quantitative estimate of drug-likeness (QED) is 0.596. The second-order valence-electron chi connectivity index (χ2n) is 4.83. The lowest BCUT2D eigenvalue weighted by Gasteiger charge is -2.12. The van der Waals surface area contributed by atoms with Crippen molar-refractivity contribution in [2.75, 3.05) is 17.9 Å². The molecule has 0 saturated heterocycles. The number of methoxy groups -OCH3 is 1. The molecule has 0 radical (unpaired) electrons. The van der Waals surface area contributed by atoms with E-state index in [0.717, 1.165) is 16.9 Å². The van der Waals surface area contributed by atoms with Crippen LogP contribution in [0.5, 0.6) is 5.75 Å². The molecule has 2 aromatic carbocycles. The number of nitrogens with two attached hydrogens (primary N) is 1. The first-order chi connectivity index (χ1) is 10.0. The average Bonchev–Trinajstić information content (AvgIpc) is 2.47. The predicted molar refractivity (Wildman–Crippen MR) is 84.7 cm³/mol. The van der Waals surface area contributed by atoms with Gasteiger partial charge in [0.2, 0.25) is 0 Å². The van der Waals surface area contributed by atoms with Crippen LogP contribution in [0.4, 0.5) is 11.4 Å². The fraction of sp³-hybridized carbons (Fsp3) is 0.188. The summed E-state index contributed by atoms with van der Waals surface area (Å²) in [5, 5.41) is 2.86. The van der Waals surface area contributed by atoms with Crippen LogP contribution in [0.2, 0.25) is 0 Å². The van der Waals surface area contributed by atoms with E-state index in [1.54, 1.807) is 25.3 Å². The van der Waals surface area contributed by atoms with E-state index in [1.165, 1.54) is 0 Å². The van der Waals surface area contributed by atoms with Gasteiger partial charge in [-0.25, -0.2) is 0 Å². The van der Waals surface area contributed by atoms with Gasteiger partial charge in [-0.2, -0.15) is 0 Å². The Morgan fingerprint density at radius 1 is 1.14 bits per heavy atom. The van der Waals surface area contributed by atoms with Gasteiger partial charge in [-0.15, -0.1) is 0 Å². The van der Waals surface area contributed by atoms with Gasteiger partial charge in [0.05, 0.1) is 18.4 Å². The highest BCUT2D eigenvalue weighted by molar-refractivity contribution is 6.08. The van der Waals surface area contributed by atoms with Gasteiger partial charge in [0.1, 0.15) is 5.75 Å². The molecule has 0 spiro atoms.